The smallest absolute Gasteiger partial charge is 0.257 e. The second kappa shape index (κ2) is 5.76. The summed E-state index contributed by atoms with van der Waals surface area (Å²) in [5.41, 5.74) is 2.63. The van der Waals surface area contributed by atoms with Gasteiger partial charge in [-0.2, -0.15) is 0 Å². The number of carbonyl (C=O) groups excluding carboxylic acids is 1. The van der Waals surface area contributed by atoms with Crippen molar-refractivity contribution < 1.29 is 4.79 Å². The summed E-state index contributed by atoms with van der Waals surface area (Å²) >= 11 is 6.13. The molecule has 122 valence electrons. The van der Waals surface area contributed by atoms with Gasteiger partial charge >= 0.3 is 0 Å². The van der Waals surface area contributed by atoms with Gasteiger partial charge in [0.1, 0.15) is 11.3 Å². The first-order valence-electron chi connectivity index (χ1n) is 7.63. The quantitative estimate of drug-likeness (QED) is 0.761. The maximum absolute atomic E-state index is 12.5. The van der Waals surface area contributed by atoms with E-state index in [-0.39, 0.29) is 5.91 Å². The van der Waals surface area contributed by atoms with Gasteiger partial charge in [-0.1, -0.05) is 16.8 Å². The van der Waals surface area contributed by atoms with Crippen LogP contribution >= 0.6 is 11.6 Å². The monoisotopic (exact) mass is 342 g/mol. The highest BCUT2D eigenvalue weighted by atomic mass is 35.5. The first-order valence-corrected chi connectivity index (χ1v) is 8.01. The Morgan fingerprint density at radius 1 is 1.33 bits per heavy atom. The van der Waals surface area contributed by atoms with Crippen LogP contribution in [0.15, 0.2) is 30.5 Å². The molecule has 1 fully saturated rings. The highest BCUT2D eigenvalue weighted by molar-refractivity contribution is 6.34. The molecule has 2 aromatic heterocycles. The Kier molecular flexibility index (Phi) is 3.57. The van der Waals surface area contributed by atoms with Crippen LogP contribution in [0.25, 0.3) is 11.0 Å². The zero-order chi connectivity index (χ0) is 16.7. The molecule has 0 spiro atoms. The molecule has 0 unspecified atom stereocenters. The molecule has 1 aliphatic rings. The molecule has 0 atom stereocenters. The molecule has 1 saturated carbocycles. The average molecular weight is 343 g/mol. The number of carbonyl (C=O) groups is 1. The van der Waals surface area contributed by atoms with Gasteiger partial charge in [-0.25, -0.2) is 9.67 Å². The fourth-order valence-corrected chi connectivity index (χ4v) is 2.63. The Labute approximate surface area is 143 Å². The molecule has 0 radical (unpaired) electrons. The maximum atomic E-state index is 12.5. The molecule has 3 aromatic rings. The van der Waals surface area contributed by atoms with Crippen molar-refractivity contribution in [3.8, 4) is 0 Å². The van der Waals surface area contributed by atoms with Gasteiger partial charge in [0.2, 0.25) is 0 Å². The number of halogens is 1. The standard InChI is InChI=1S/C16H15ClN6O/c1-23-14-5-4-10(6-13(14)21-22-23)20-16(24)11-7-15(18-8-12(11)17)19-9-2-3-9/h4-9H,2-3H2,1H3,(H,18,19)(H,20,24). The van der Waals surface area contributed by atoms with Crippen molar-refractivity contribution >= 4 is 40.0 Å². The zero-order valence-corrected chi connectivity index (χ0v) is 13.7. The average Bonchev–Trinajstić information content (AvgIpc) is 3.31. The van der Waals surface area contributed by atoms with Crippen LogP contribution in [-0.2, 0) is 7.05 Å². The fraction of sp³-hybridized carbons (Fsp3) is 0.250. The summed E-state index contributed by atoms with van der Waals surface area (Å²) in [6.07, 6.45) is 3.75. The Balaban J connectivity index is 1.57. The summed E-state index contributed by atoms with van der Waals surface area (Å²) in [7, 11) is 1.82. The van der Waals surface area contributed by atoms with Crippen LogP contribution in [0.2, 0.25) is 5.02 Å². The minimum atomic E-state index is -0.288. The Morgan fingerprint density at radius 2 is 2.17 bits per heavy atom. The minimum Gasteiger partial charge on any atom is -0.367 e. The van der Waals surface area contributed by atoms with Gasteiger partial charge in [-0.15, -0.1) is 5.10 Å². The number of nitrogens with zero attached hydrogens (tertiary/aromatic N) is 4. The normalized spacial score (nSPS) is 13.9. The Morgan fingerprint density at radius 3 is 2.96 bits per heavy atom. The van der Waals surface area contributed by atoms with Gasteiger partial charge in [-0.3, -0.25) is 4.79 Å². The number of benzene rings is 1. The molecule has 7 nitrogen and oxygen atoms in total. The minimum absolute atomic E-state index is 0.288. The first-order chi connectivity index (χ1) is 11.6. The molecule has 1 amide bonds. The molecular formula is C16H15ClN6O. The van der Waals surface area contributed by atoms with Gasteiger partial charge in [0.25, 0.3) is 5.91 Å². The third-order valence-electron chi connectivity index (χ3n) is 3.90. The third-order valence-corrected chi connectivity index (χ3v) is 4.20. The molecular weight excluding hydrogens is 328 g/mol. The number of hydrogen-bond acceptors (Lipinski definition) is 5. The summed E-state index contributed by atoms with van der Waals surface area (Å²) < 4.78 is 1.68. The fourth-order valence-electron chi connectivity index (χ4n) is 2.45. The van der Waals surface area contributed by atoms with E-state index >= 15 is 0 Å². The van der Waals surface area contributed by atoms with Crippen molar-refractivity contribution in [2.75, 3.05) is 10.6 Å². The molecule has 8 heteroatoms. The number of aryl methyl sites for hydroxylation is 1. The van der Waals surface area contributed by atoms with Crippen molar-refractivity contribution in [1.82, 2.24) is 20.0 Å². The van der Waals surface area contributed by atoms with E-state index in [1.807, 2.05) is 19.2 Å². The van der Waals surface area contributed by atoms with E-state index in [1.54, 1.807) is 16.8 Å². The lowest BCUT2D eigenvalue weighted by Crippen LogP contribution is -2.14. The van der Waals surface area contributed by atoms with Gasteiger partial charge in [0, 0.05) is 25.0 Å². The highest BCUT2D eigenvalue weighted by Gasteiger charge is 2.22. The van der Waals surface area contributed by atoms with Crippen molar-refractivity contribution in [2.24, 2.45) is 7.05 Å². The van der Waals surface area contributed by atoms with E-state index in [9.17, 15) is 4.79 Å². The summed E-state index contributed by atoms with van der Waals surface area (Å²) in [5, 5.41) is 14.4. The van der Waals surface area contributed by atoms with Gasteiger partial charge in [-0.05, 0) is 37.1 Å². The molecule has 0 bridgehead atoms. The van der Waals surface area contributed by atoms with Crippen molar-refractivity contribution in [2.45, 2.75) is 18.9 Å². The number of aromatic nitrogens is 4. The number of nitrogens with one attached hydrogen (secondary N) is 2. The van der Waals surface area contributed by atoms with E-state index < -0.39 is 0 Å². The summed E-state index contributed by atoms with van der Waals surface area (Å²) in [6.45, 7) is 0. The topological polar surface area (TPSA) is 84.7 Å². The van der Waals surface area contributed by atoms with Gasteiger partial charge < -0.3 is 10.6 Å². The van der Waals surface area contributed by atoms with Crippen molar-refractivity contribution in [3.05, 3.63) is 41.0 Å². The molecule has 2 heterocycles. The first kappa shape index (κ1) is 14.9. The molecule has 4 rings (SSSR count). The van der Waals surface area contributed by atoms with Crippen molar-refractivity contribution in [3.63, 3.8) is 0 Å². The van der Waals surface area contributed by atoms with Crippen LogP contribution in [0.4, 0.5) is 11.5 Å². The number of amides is 1. The lowest BCUT2D eigenvalue weighted by Gasteiger charge is -2.09. The second-order valence-corrected chi connectivity index (χ2v) is 6.25. The largest absolute Gasteiger partial charge is 0.367 e. The summed E-state index contributed by atoms with van der Waals surface area (Å²) in [6, 6.07) is 7.57. The van der Waals surface area contributed by atoms with Crippen LogP contribution in [0.1, 0.15) is 23.2 Å². The van der Waals surface area contributed by atoms with Crippen molar-refractivity contribution in [1.29, 1.82) is 0 Å². The lowest BCUT2D eigenvalue weighted by molar-refractivity contribution is 0.102. The lowest BCUT2D eigenvalue weighted by atomic mass is 10.2. The van der Waals surface area contributed by atoms with Crippen LogP contribution in [0, 0.1) is 0 Å². The van der Waals surface area contributed by atoms with E-state index in [4.69, 9.17) is 11.6 Å². The number of fused-ring (bicyclic) bond motifs is 1. The number of hydrogen-bond donors (Lipinski definition) is 2. The highest BCUT2D eigenvalue weighted by Crippen LogP contribution is 2.26. The molecule has 2 N–H and O–H groups in total. The predicted molar refractivity (Wildman–Crippen MR) is 92.4 cm³/mol. The zero-order valence-electron chi connectivity index (χ0n) is 13.0. The molecule has 24 heavy (non-hydrogen) atoms. The summed E-state index contributed by atoms with van der Waals surface area (Å²) in [4.78, 5) is 16.7. The second-order valence-electron chi connectivity index (χ2n) is 5.84. The Bertz CT molecular complexity index is 933. The molecule has 1 aromatic carbocycles. The maximum Gasteiger partial charge on any atom is 0.257 e. The van der Waals surface area contributed by atoms with E-state index in [0.29, 0.717) is 33.6 Å². The number of rotatable bonds is 4. The summed E-state index contributed by atoms with van der Waals surface area (Å²) in [5.74, 6) is 0.376. The van der Waals surface area contributed by atoms with E-state index in [1.165, 1.54) is 6.20 Å². The number of anilines is 2. The SMILES string of the molecule is Cn1nnc2cc(NC(=O)c3cc(NC4CC4)ncc3Cl)ccc21. The van der Waals surface area contributed by atoms with Crippen LogP contribution in [0.5, 0.6) is 0 Å². The van der Waals surface area contributed by atoms with Crippen LogP contribution < -0.4 is 10.6 Å². The van der Waals surface area contributed by atoms with Crippen LogP contribution in [0.3, 0.4) is 0 Å². The Hall–Kier alpha value is -2.67. The van der Waals surface area contributed by atoms with Gasteiger partial charge in [0.05, 0.1) is 16.1 Å². The molecule has 0 saturated heterocycles. The predicted octanol–water partition coefficient (Wildman–Crippen LogP) is 2.84. The molecule has 1 aliphatic carbocycles. The molecule has 0 aliphatic heterocycles. The van der Waals surface area contributed by atoms with E-state index in [0.717, 1.165) is 18.4 Å². The number of pyridine rings is 1. The van der Waals surface area contributed by atoms with Gasteiger partial charge in [0.15, 0.2) is 0 Å². The third kappa shape index (κ3) is 2.90. The van der Waals surface area contributed by atoms with E-state index in [2.05, 4.69) is 25.9 Å². The van der Waals surface area contributed by atoms with Crippen LogP contribution in [-0.4, -0.2) is 31.9 Å².